The minimum absolute atomic E-state index is 1.07. The number of rotatable bonds is 28. The molecular formula is C125H114S20. The molecule has 0 amide bonds. The van der Waals surface area contributed by atoms with Crippen LogP contribution in [0.5, 0.6) is 0 Å². The lowest BCUT2D eigenvalue weighted by atomic mass is 9.99. The van der Waals surface area contributed by atoms with Gasteiger partial charge in [0.15, 0.2) is 0 Å². The summed E-state index contributed by atoms with van der Waals surface area (Å²) in [5, 5.41) is 23.9. The Kier molecular flexibility index (Phi) is 28.2. The SMILES string of the molecule is CCCCc1c(CCCC)c2sc1c1ccc(s1)c1c3cc(sc3c(-c3cccs3)c3cc(C)sc31)c1sc(c(CCCC)c1CCCC)c1cc3c(-c4cccs4)c4sc(C)cc4c(c4ccc(s4)c4sc(c(CCCC)c4CCCC)c4ccc(s4)c4c5cc(sc5c(-c5cccs5)c5cc(C)sc54)c4sc(c(CCCC)c4CCCC)c4cc5c(-c6ccc(C)s6)c6sc(C)cc6c(c6ccc2s6)c5s4)c3s1. The summed E-state index contributed by atoms with van der Waals surface area (Å²) in [7, 11) is 0. The van der Waals surface area contributed by atoms with E-state index in [9.17, 15) is 0 Å². The molecule has 0 atom stereocenters. The molecule has 145 heavy (non-hydrogen) atoms. The number of hydrogen-bond donors (Lipinski definition) is 0. The lowest BCUT2D eigenvalue weighted by Crippen LogP contribution is -1.91. The molecule has 20 heteroatoms. The molecule has 24 bridgehead atoms. The zero-order chi connectivity index (χ0) is 98.4. The van der Waals surface area contributed by atoms with E-state index in [1.165, 1.54) is 262 Å². The minimum atomic E-state index is 1.07. The average Bonchev–Trinajstić information content (AvgIpc) is 1.53. The van der Waals surface area contributed by atoms with E-state index < -0.39 is 0 Å². The smallest absolute Gasteiger partial charge is 0.0484 e. The summed E-state index contributed by atoms with van der Waals surface area (Å²) in [6.45, 7) is 31.0. The van der Waals surface area contributed by atoms with Gasteiger partial charge in [0.2, 0.25) is 0 Å². The van der Waals surface area contributed by atoms with Crippen LogP contribution < -0.4 is 0 Å². The predicted molar refractivity (Wildman–Crippen MR) is 688 cm³/mol. The highest BCUT2D eigenvalue weighted by Crippen LogP contribution is 2.60. The van der Waals surface area contributed by atoms with Crippen molar-refractivity contribution in [1.82, 2.24) is 0 Å². The van der Waals surface area contributed by atoms with E-state index >= 15 is 0 Å². The Bertz CT molecular complexity index is 9470. The molecule has 734 valence electrons. The van der Waals surface area contributed by atoms with Gasteiger partial charge in [0.1, 0.15) is 0 Å². The number of hydrogen-bond acceptors (Lipinski definition) is 20. The summed E-state index contributed by atoms with van der Waals surface area (Å²) in [6, 6.07) is 60.5. The molecular weight excluding hydrogens is 2140 g/mol. The zero-order valence-electron chi connectivity index (χ0n) is 84.2. The number of fused-ring (bicyclic) bond motifs is 40. The average molecular weight is 2260 g/mol. The van der Waals surface area contributed by atoms with Crippen molar-refractivity contribution in [2.45, 2.75) is 244 Å². The van der Waals surface area contributed by atoms with Crippen LogP contribution in [0.2, 0.25) is 0 Å². The van der Waals surface area contributed by atoms with E-state index in [1.807, 2.05) is 90.7 Å². The van der Waals surface area contributed by atoms with Gasteiger partial charge in [0.05, 0.1) is 0 Å². The standard InChI is InChI=1S/C125H114S20/c1-14-22-33-70-72(35-24-16-3)112-96-52-48-93(136-96)109-85-64-100(139-123(85)103(87-42-31-55-127-87)79-58-67(11)132-120(79)109)116-76(39-28-20-7)77(40-29-21-8)117(145-116)101-62-83-107(89-45-44-65(9)129-89)121-81(60-69(13)133-121)106(125(83)141-101)91-47-51-95(135-91)111-71(34-23-15-2)73(36-25-17-4)113(143-111)97-53-49-92(137-97)108-84-63-99(138-122(84)102(86-41-30-54-126-86)78-57-66(10)131-119(78)108)115-75(38-27-19-6)74(37-26-18-5)114(144-115)98-61-82-104(88-43-32-56-128-88)118-80(59-68(12)130-118)105(124(82)140-98)90-46-50-94(134-90)110(70)142-112/h30-32,41-64H,14-29,33-40H2,1-13H3. The number of unbranched alkanes of at least 4 members (excludes halogenated alkanes) is 8. The molecule has 0 saturated carbocycles. The van der Waals surface area contributed by atoms with Gasteiger partial charge >= 0.3 is 0 Å². The quantitative estimate of drug-likeness (QED) is 0.0458. The molecule has 25 rings (SSSR count). The maximum atomic E-state index is 2.73. The molecule has 0 aliphatic heterocycles. The van der Waals surface area contributed by atoms with Crippen LogP contribution in [0.4, 0.5) is 0 Å². The summed E-state index contributed by atoms with van der Waals surface area (Å²) < 4.78 is 40.2. The number of thiophene rings is 20. The van der Waals surface area contributed by atoms with Gasteiger partial charge in [-0.3, -0.25) is 0 Å². The second-order valence-corrected chi connectivity index (χ2v) is 61.3. The van der Waals surface area contributed by atoms with Gasteiger partial charge < -0.3 is 0 Å². The number of benzene rings is 4. The van der Waals surface area contributed by atoms with Crippen molar-refractivity contribution in [1.29, 1.82) is 0 Å². The van der Waals surface area contributed by atoms with E-state index in [0.717, 1.165) is 154 Å². The highest BCUT2D eigenvalue weighted by molar-refractivity contribution is 7.40. The van der Waals surface area contributed by atoms with Gasteiger partial charge in [0.25, 0.3) is 0 Å². The fraction of sp³-hybridized carbons (Fsp3) is 0.296. The zero-order valence-corrected chi connectivity index (χ0v) is 101. The first kappa shape index (κ1) is 98.7. The van der Waals surface area contributed by atoms with Crippen LogP contribution in [0.1, 0.15) is 227 Å². The van der Waals surface area contributed by atoms with Gasteiger partial charge in [-0.1, -0.05) is 125 Å². The number of aryl methyl sites for hydroxylation is 13. The van der Waals surface area contributed by atoms with Crippen LogP contribution in [-0.2, 0) is 51.4 Å². The van der Waals surface area contributed by atoms with Crippen LogP contribution in [0.3, 0.4) is 0 Å². The first-order valence-electron chi connectivity index (χ1n) is 52.3. The molecule has 0 radical (unpaired) electrons. The second kappa shape index (κ2) is 41.5. The summed E-state index contributed by atoms with van der Waals surface area (Å²) in [5.41, 5.74) is 18.4. The van der Waals surface area contributed by atoms with Crippen LogP contribution in [-0.4, -0.2) is 0 Å². The molecule has 0 nitrogen and oxygen atoms in total. The van der Waals surface area contributed by atoms with Crippen molar-refractivity contribution in [3.8, 4) is 41.8 Å². The Morgan fingerprint density at radius 2 is 0.386 bits per heavy atom. The molecule has 21 heterocycles. The van der Waals surface area contributed by atoms with Gasteiger partial charge in [-0.25, -0.2) is 0 Å². The first-order valence-corrected chi connectivity index (χ1v) is 68.8. The molecule has 4 aromatic carbocycles. The van der Waals surface area contributed by atoms with E-state index in [2.05, 4.69) is 388 Å². The van der Waals surface area contributed by atoms with E-state index in [-0.39, 0.29) is 0 Å². The Morgan fingerprint density at radius 1 is 0.166 bits per heavy atom. The lowest BCUT2D eigenvalue weighted by molar-refractivity contribution is 0.767. The molecule has 0 aliphatic rings. The maximum absolute atomic E-state index is 2.73. The Labute approximate surface area is 928 Å². The molecule has 0 aliphatic carbocycles. The van der Waals surface area contributed by atoms with Crippen LogP contribution in [0, 0.1) is 34.6 Å². The van der Waals surface area contributed by atoms with Gasteiger partial charge in [-0.2, -0.15) is 0 Å². The monoisotopic (exact) mass is 2250 g/mol. The maximum Gasteiger partial charge on any atom is 0.0484 e. The normalized spacial score (nSPS) is 12.4. The molecule has 25 aromatic rings. The van der Waals surface area contributed by atoms with Gasteiger partial charge in [-0.05, 0) is 325 Å². The second-order valence-electron chi connectivity index (χ2n) is 39.5. The van der Waals surface area contributed by atoms with E-state index in [0.29, 0.717) is 0 Å². The summed E-state index contributed by atoms with van der Waals surface area (Å²) in [5.74, 6) is 0. The van der Waals surface area contributed by atoms with Gasteiger partial charge in [0, 0.05) is 262 Å². The van der Waals surface area contributed by atoms with E-state index in [1.54, 1.807) is 44.5 Å². The van der Waals surface area contributed by atoms with Crippen LogP contribution >= 0.6 is 227 Å². The van der Waals surface area contributed by atoms with Crippen molar-refractivity contribution in [3.63, 3.8) is 0 Å². The summed E-state index contributed by atoms with van der Waals surface area (Å²) in [4.78, 5) is 12.3. The van der Waals surface area contributed by atoms with Crippen molar-refractivity contribution in [2.75, 3.05) is 0 Å². The Hall–Kier alpha value is -7.04. The highest BCUT2D eigenvalue weighted by atomic mass is 32.2. The first-order chi connectivity index (χ1) is 71.1. The molecule has 0 unspecified atom stereocenters. The Morgan fingerprint density at radius 3 is 0.648 bits per heavy atom. The molecule has 0 spiro atoms. The minimum Gasteiger partial charge on any atom is -0.144 e. The molecule has 0 saturated heterocycles. The van der Waals surface area contributed by atoms with Crippen LogP contribution in [0.15, 0.2) is 162 Å². The topological polar surface area (TPSA) is 0 Å². The summed E-state index contributed by atoms with van der Waals surface area (Å²) in [6.07, 6.45) is 27.1. The highest BCUT2D eigenvalue weighted by Gasteiger charge is 2.31. The van der Waals surface area contributed by atoms with Gasteiger partial charge in [-0.15, -0.1) is 227 Å². The van der Waals surface area contributed by atoms with E-state index in [4.69, 9.17) is 0 Å². The fourth-order valence-electron chi connectivity index (χ4n) is 22.7. The third-order valence-corrected chi connectivity index (χ3v) is 53.0. The lowest BCUT2D eigenvalue weighted by Gasteiger charge is -2.06. The third-order valence-electron chi connectivity index (χ3n) is 29.5. The Balaban J connectivity index is 0.844. The fourth-order valence-corrected chi connectivity index (χ4v) is 46.8. The van der Waals surface area contributed by atoms with Crippen LogP contribution in [0.25, 0.3) is 238 Å². The molecule has 0 N–H and O–H groups in total. The molecule has 0 fully saturated rings. The predicted octanol–water partition coefficient (Wildman–Crippen LogP) is 50.0. The third kappa shape index (κ3) is 17.4. The summed E-state index contributed by atoms with van der Waals surface area (Å²) >= 11 is 41.0. The van der Waals surface area contributed by atoms with Crippen molar-refractivity contribution in [3.05, 3.63) is 231 Å². The van der Waals surface area contributed by atoms with Crippen molar-refractivity contribution >= 4 is 423 Å². The molecule has 21 aromatic heterocycles. The largest absolute Gasteiger partial charge is 0.144 e. The van der Waals surface area contributed by atoms with Crippen molar-refractivity contribution in [2.24, 2.45) is 0 Å². The van der Waals surface area contributed by atoms with Crippen molar-refractivity contribution < 1.29 is 0 Å².